The van der Waals surface area contributed by atoms with Gasteiger partial charge in [0.2, 0.25) is 17.6 Å². The van der Waals surface area contributed by atoms with Crippen LogP contribution in [0.5, 0.6) is 34.5 Å². The van der Waals surface area contributed by atoms with E-state index in [1.54, 1.807) is 40.4 Å². The molecule has 2 unspecified atom stereocenters. The molecule has 0 aliphatic carbocycles. The lowest BCUT2D eigenvalue weighted by Gasteiger charge is -2.38. The highest BCUT2D eigenvalue weighted by Gasteiger charge is 2.37. The molecule has 2 heterocycles. The molecule has 5 rings (SSSR count). The SMILES string of the molecule is CC[C@@H](C(=O)N1CCCCC1C(=O)NC(CCc1ccc(OC)c(OC)c1)c1cccc(OCCN2CCOCC2)c1)c1cc(OC)c(OC)c(OC)c1. The predicted octanol–water partition coefficient (Wildman–Crippen LogP) is 5.81. The molecule has 0 radical (unpaired) electrons. The van der Waals surface area contributed by atoms with E-state index in [4.69, 9.17) is 33.2 Å². The summed E-state index contributed by atoms with van der Waals surface area (Å²) in [5.41, 5.74) is 2.74. The summed E-state index contributed by atoms with van der Waals surface area (Å²) in [5.74, 6) is 2.73. The first kappa shape index (κ1) is 40.5. The standard InChI is InChI=1S/C42H57N3O9/c1-7-33(31-27-38(50-4)40(52-6)39(28-31)51-5)42(47)45-18-9-8-13-35(45)41(46)43-34(16-14-29-15-17-36(48-2)37(25-29)49-3)30-11-10-12-32(26-30)54-24-21-44-19-22-53-23-20-44/h10-12,15,17,25-28,33-35H,7-9,13-14,16,18-24H2,1-6H3,(H,43,46)/t33-,34?,35?/m1/s1. The van der Waals surface area contributed by atoms with Gasteiger partial charge < -0.3 is 43.4 Å². The van der Waals surface area contributed by atoms with Gasteiger partial charge in [-0.25, -0.2) is 0 Å². The van der Waals surface area contributed by atoms with Crippen molar-refractivity contribution < 1.29 is 42.7 Å². The molecule has 1 N–H and O–H groups in total. The van der Waals surface area contributed by atoms with Crippen molar-refractivity contribution in [3.05, 3.63) is 71.3 Å². The highest BCUT2D eigenvalue weighted by Crippen LogP contribution is 2.41. The number of amides is 2. The number of rotatable bonds is 18. The second-order valence-corrected chi connectivity index (χ2v) is 13.6. The number of benzene rings is 3. The summed E-state index contributed by atoms with van der Waals surface area (Å²) >= 11 is 0. The van der Waals surface area contributed by atoms with Gasteiger partial charge in [0, 0.05) is 26.2 Å². The first-order valence-electron chi connectivity index (χ1n) is 19.0. The Morgan fingerprint density at radius 1 is 0.815 bits per heavy atom. The summed E-state index contributed by atoms with van der Waals surface area (Å²) < 4.78 is 39.4. The largest absolute Gasteiger partial charge is 0.493 e. The molecule has 12 nitrogen and oxygen atoms in total. The van der Waals surface area contributed by atoms with E-state index in [0.717, 1.165) is 68.1 Å². The van der Waals surface area contributed by atoms with Crippen molar-refractivity contribution in [3.63, 3.8) is 0 Å². The van der Waals surface area contributed by atoms with E-state index in [1.807, 2.05) is 61.5 Å². The number of nitrogens with zero attached hydrogens (tertiary/aromatic N) is 2. The van der Waals surface area contributed by atoms with Crippen LogP contribution in [0.1, 0.15) is 67.7 Å². The molecule has 0 aromatic heterocycles. The van der Waals surface area contributed by atoms with Crippen LogP contribution in [0.15, 0.2) is 54.6 Å². The molecule has 3 aromatic carbocycles. The third-order valence-corrected chi connectivity index (χ3v) is 10.4. The number of nitrogens with one attached hydrogen (secondary N) is 1. The summed E-state index contributed by atoms with van der Waals surface area (Å²) in [6, 6.07) is 16.5. The van der Waals surface area contributed by atoms with Gasteiger partial charge in [0.05, 0.1) is 60.7 Å². The van der Waals surface area contributed by atoms with Gasteiger partial charge in [-0.1, -0.05) is 25.1 Å². The second kappa shape index (κ2) is 20.1. The molecule has 2 saturated heterocycles. The van der Waals surface area contributed by atoms with Crippen LogP contribution >= 0.6 is 0 Å². The molecular weight excluding hydrogens is 690 g/mol. The number of piperidine rings is 1. The topological polar surface area (TPSA) is 117 Å². The summed E-state index contributed by atoms with van der Waals surface area (Å²) in [4.78, 5) is 32.9. The molecule has 0 saturated carbocycles. The van der Waals surface area contributed by atoms with Gasteiger partial charge in [-0.15, -0.1) is 0 Å². The van der Waals surface area contributed by atoms with Crippen molar-refractivity contribution in [3.8, 4) is 34.5 Å². The number of aryl methyl sites for hydroxylation is 1. The summed E-state index contributed by atoms with van der Waals surface area (Å²) in [7, 11) is 7.91. The van der Waals surface area contributed by atoms with Crippen LogP contribution in [0, 0.1) is 0 Å². The maximum atomic E-state index is 14.4. The Kier molecular flexibility index (Phi) is 15.1. The van der Waals surface area contributed by atoms with E-state index >= 15 is 0 Å². The van der Waals surface area contributed by atoms with E-state index in [-0.39, 0.29) is 17.9 Å². The number of likely N-dealkylation sites (tertiary alicyclic amines) is 1. The van der Waals surface area contributed by atoms with Crippen LogP contribution in [-0.4, -0.2) is 109 Å². The molecule has 2 amide bonds. The van der Waals surface area contributed by atoms with Gasteiger partial charge in [-0.3, -0.25) is 14.5 Å². The van der Waals surface area contributed by atoms with E-state index in [0.29, 0.717) is 67.6 Å². The van der Waals surface area contributed by atoms with Gasteiger partial charge in [0.1, 0.15) is 18.4 Å². The first-order valence-corrected chi connectivity index (χ1v) is 19.0. The van der Waals surface area contributed by atoms with Crippen LogP contribution in [0.25, 0.3) is 0 Å². The number of hydrogen-bond acceptors (Lipinski definition) is 10. The lowest BCUT2D eigenvalue weighted by molar-refractivity contribution is -0.143. The minimum atomic E-state index is -0.612. The van der Waals surface area contributed by atoms with E-state index < -0.39 is 12.0 Å². The number of ether oxygens (including phenoxy) is 7. The minimum Gasteiger partial charge on any atom is -0.493 e. The maximum Gasteiger partial charge on any atom is 0.243 e. The highest BCUT2D eigenvalue weighted by atomic mass is 16.5. The lowest BCUT2D eigenvalue weighted by Crippen LogP contribution is -2.53. The molecule has 12 heteroatoms. The molecule has 0 spiro atoms. The van der Waals surface area contributed by atoms with Gasteiger partial charge in [0.15, 0.2) is 23.0 Å². The number of carbonyl (C=O) groups is 2. The average Bonchev–Trinajstić information content (AvgIpc) is 3.22. The van der Waals surface area contributed by atoms with Crippen molar-refractivity contribution in [1.29, 1.82) is 0 Å². The van der Waals surface area contributed by atoms with Crippen molar-refractivity contribution in [2.45, 2.75) is 63.5 Å². The van der Waals surface area contributed by atoms with Crippen LogP contribution in [0.2, 0.25) is 0 Å². The van der Waals surface area contributed by atoms with Crippen molar-refractivity contribution in [1.82, 2.24) is 15.1 Å². The highest BCUT2D eigenvalue weighted by molar-refractivity contribution is 5.91. The van der Waals surface area contributed by atoms with Crippen LogP contribution < -0.4 is 33.7 Å². The minimum absolute atomic E-state index is 0.0934. The van der Waals surface area contributed by atoms with E-state index in [1.165, 1.54) is 0 Å². The molecule has 2 fully saturated rings. The molecular formula is C42H57N3O9. The zero-order valence-corrected chi connectivity index (χ0v) is 32.7. The molecule has 3 aromatic rings. The van der Waals surface area contributed by atoms with Crippen molar-refractivity contribution in [2.24, 2.45) is 0 Å². The van der Waals surface area contributed by atoms with Gasteiger partial charge in [-0.2, -0.15) is 0 Å². The molecule has 294 valence electrons. The molecule has 54 heavy (non-hydrogen) atoms. The maximum absolute atomic E-state index is 14.4. The Bertz CT molecular complexity index is 1650. The average molecular weight is 748 g/mol. The van der Waals surface area contributed by atoms with Crippen LogP contribution in [0.3, 0.4) is 0 Å². The fraction of sp³-hybridized carbons (Fsp3) is 0.524. The number of carbonyl (C=O) groups excluding carboxylic acids is 2. The quantitative estimate of drug-likeness (QED) is 0.171. The van der Waals surface area contributed by atoms with Crippen molar-refractivity contribution >= 4 is 11.8 Å². The summed E-state index contributed by atoms with van der Waals surface area (Å²) in [5, 5.41) is 3.37. The Morgan fingerprint density at radius 2 is 1.54 bits per heavy atom. The zero-order valence-electron chi connectivity index (χ0n) is 32.7. The summed E-state index contributed by atoms with van der Waals surface area (Å²) in [6.45, 7) is 7.12. The van der Waals surface area contributed by atoms with E-state index in [2.05, 4.69) is 10.2 Å². The van der Waals surface area contributed by atoms with Gasteiger partial charge >= 0.3 is 0 Å². The second-order valence-electron chi connectivity index (χ2n) is 13.6. The van der Waals surface area contributed by atoms with E-state index in [9.17, 15) is 9.59 Å². The molecule has 2 aliphatic rings. The third kappa shape index (κ3) is 10.1. The molecule has 3 atom stereocenters. The Labute approximate surface area is 319 Å². The van der Waals surface area contributed by atoms with Crippen molar-refractivity contribution in [2.75, 3.05) is 81.5 Å². The van der Waals surface area contributed by atoms with Gasteiger partial charge in [0.25, 0.3) is 0 Å². The molecule has 2 aliphatic heterocycles. The fourth-order valence-corrected chi connectivity index (χ4v) is 7.40. The normalized spacial score (nSPS) is 17.2. The lowest BCUT2D eigenvalue weighted by atomic mass is 9.91. The predicted molar refractivity (Wildman–Crippen MR) is 206 cm³/mol. The Balaban J connectivity index is 1.37. The monoisotopic (exact) mass is 747 g/mol. The smallest absolute Gasteiger partial charge is 0.243 e. The Hall–Kier alpha value is -4.68. The fourth-order valence-electron chi connectivity index (χ4n) is 7.40. The summed E-state index contributed by atoms with van der Waals surface area (Å²) in [6.07, 6.45) is 4.08. The van der Waals surface area contributed by atoms with Crippen LogP contribution in [-0.2, 0) is 20.7 Å². The number of methoxy groups -OCH3 is 5. The number of hydrogen-bond donors (Lipinski definition) is 1. The third-order valence-electron chi connectivity index (χ3n) is 10.4. The zero-order chi connectivity index (χ0) is 38.5. The number of morpholine rings is 1. The van der Waals surface area contributed by atoms with Crippen LogP contribution in [0.4, 0.5) is 0 Å². The molecule has 0 bridgehead atoms. The first-order chi connectivity index (χ1) is 26.3. The van der Waals surface area contributed by atoms with Gasteiger partial charge in [-0.05, 0) is 91.6 Å². The Morgan fingerprint density at radius 3 is 2.20 bits per heavy atom.